The Labute approximate surface area is 166 Å². The number of benzene rings is 1. The van der Waals surface area contributed by atoms with E-state index in [9.17, 15) is 19.2 Å². The summed E-state index contributed by atoms with van der Waals surface area (Å²) in [6, 6.07) is 4.97. The third-order valence-corrected chi connectivity index (χ3v) is 5.41. The number of carbonyl (C=O) groups is 4. The molecule has 0 saturated carbocycles. The molecule has 2 heterocycles. The lowest BCUT2D eigenvalue weighted by molar-refractivity contribution is -0.132. The van der Waals surface area contributed by atoms with Crippen LogP contribution in [-0.4, -0.2) is 59.1 Å². The minimum Gasteiger partial charge on any atom is -0.353 e. The summed E-state index contributed by atoms with van der Waals surface area (Å²) in [5, 5.41) is 2.98. The quantitative estimate of drug-likeness (QED) is 0.715. The van der Waals surface area contributed by atoms with E-state index in [1.807, 2.05) is 6.92 Å². The van der Waals surface area contributed by atoms with Crippen LogP contribution in [0.2, 0.25) is 0 Å². The number of hydrogen-bond donors (Lipinski definition) is 1. The Morgan fingerprint density at radius 2 is 1.81 bits per heavy atom. The Hall–Kier alpha value is -2.22. The molecule has 0 bridgehead atoms. The molecule has 1 N–H and O–H groups in total. The molecule has 27 heavy (non-hydrogen) atoms. The lowest BCUT2D eigenvalue weighted by atomic mass is 10.0. The smallest absolute Gasteiger partial charge is 0.262 e. The van der Waals surface area contributed by atoms with Crippen molar-refractivity contribution in [2.24, 2.45) is 0 Å². The number of imide groups is 1. The van der Waals surface area contributed by atoms with E-state index in [0.29, 0.717) is 48.0 Å². The number of carbonyl (C=O) groups excluding carboxylic acids is 4. The average molecular weight is 436 g/mol. The van der Waals surface area contributed by atoms with Crippen LogP contribution in [-0.2, 0) is 9.59 Å². The third kappa shape index (κ3) is 4.21. The van der Waals surface area contributed by atoms with E-state index in [4.69, 9.17) is 0 Å². The molecule has 144 valence electrons. The highest BCUT2D eigenvalue weighted by atomic mass is 79.9. The van der Waals surface area contributed by atoms with Crippen LogP contribution in [0.25, 0.3) is 0 Å². The molecule has 7 nitrogen and oxygen atoms in total. The van der Waals surface area contributed by atoms with Crippen molar-refractivity contribution in [3.05, 3.63) is 33.8 Å². The molecule has 3 rings (SSSR count). The molecule has 0 atom stereocenters. The zero-order valence-corrected chi connectivity index (χ0v) is 16.8. The van der Waals surface area contributed by atoms with E-state index in [2.05, 4.69) is 21.2 Å². The van der Waals surface area contributed by atoms with Crippen molar-refractivity contribution < 1.29 is 19.2 Å². The van der Waals surface area contributed by atoms with E-state index < -0.39 is 11.8 Å². The standard InChI is InChI=1S/C19H22BrN3O4/c1-2-3-16(24)21-13-6-8-22(9-7-13)17(25)11-23-18(26)14-5-4-12(20)10-15(14)19(23)27/h4-5,10,13H,2-3,6-9,11H2,1H3,(H,21,24). The number of piperidine rings is 1. The summed E-state index contributed by atoms with van der Waals surface area (Å²) in [4.78, 5) is 51.8. The van der Waals surface area contributed by atoms with Crippen LogP contribution in [0.4, 0.5) is 0 Å². The van der Waals surface area contributed by atoms with E-state index in [0.717, 1.165) is 11.3 Å². The number of amides is 4. The maximum Gasteiger partial charge on any atom is 0.262 e. The highest BCUT2D eigenvalue weighted by Gasteiger charge is 2.37. The SMILES string of the molecule is CCCC(=O)NC1CCN(C(=O)CN2C(=O)c3ccc(Br)cc3C2=O)CC1. The molecular weight excluding hydrogens is 414 g/mol. The molecule has 0 unspecified atom stereocenters. The number of nitrogens with zero attached hydrogens (tertiary/aromatic N) is 2. The van der Waals surface area contributed by atoms with E-state index >= 15 is 0 Å². The highest BCUT2D eigenvalue weighted by molar-refractivity contribution is 9.10. The Kier molecular flexibility index (Phi) is 5.94. The van der Waals surface area contributed by atoms with Gasteiger partial charge >= 0.3 is 0 Å². The molecular formula is C19H22BrN3O4. The number of hydrogen-bond acceptors (Lipinski definition) is 4. The number of rotatable bonds is 5. The Morgan fingerprint density at radius 3 is 2.48 bits per heavy atom. The molecule has 8 heteroatoms. The number of likely N-dealkylation sites (tertiary alicyclic amines) is 1. The maximum absolute atomic E-state index is 12.6. The highest BCUT2D eigenvalue weighted by Crippen LogP contribution is 2.26. The summed E-state index contributed by atoms with van der Waals surface area (Å²) in [5.41, 5.74) is 0.646. The molecule has 1 fully saturated rings. The van der Waals surface area contributed by atoms with Crippen molar-refractivity contribution in [1.82, 2.24) is 15.1 Å². The Balaban J connectivity index is 1.55. The molecule has 0 radical (unpaired) electrons. The van der Waals surface area contributed by atoms with Gasteiger partial charge in [-0.1, -0.05) is 22.9 Å². The van der Waals surface area contributed by atoms with Crippen LogP contribution in [0.3, 0.4) is 0 Å². The van der Waals surface area contributed by atoms with Crippen molar-refractivity contribution in [1.29, 1.82) is 0 Å². The predicted molar refractivity (Wildman–Crippen MR) is 102 cm³/mol. The Morgan fingerprint density at radius 1 is 1.15 bits per heavy atom. The summed E-state index contributed by atoms with van der Waals surface area (Å²) in [6.07, 6.45) is 2.67. The molecule has 0 aromatic heterocycles. The van der Waals surface area contributed by atoms with Crippen LogP contribution in [0.15, 0.2) is 22.7 Å². The van der Waals surface area contributed by atoms with Gasteiger partial charge in [-0.15, -0.1) is 0 Å². The van der Waals surface area contributed by atoms with Crippen LogP contribution < -0.4 is 5.32 Å². The summed E-state index contributed by atoms with van der Waals surface area (Å²) < 4.78 is 0.711. The summed E-state index contributed by atoms with van der Waals surface area (Å²) in [7, 11) is 0. The van der Waals surface area contributed by atoms with Gasteiger partial charge in [0.15, 0.2) is 0 Å². The molecule has 4 amide bonds. The minimum atomic E-state index is -0.439. The predicted octanol–water partition coefficient (Wildman–Crippen LogP) is 1.95. The second kappa shape index (κ2) is 8.21. The molecule has 0 spiro atoms. The van der Waals surface area contributed by atoms with Crippen LogP contribution in [0, 0.1) is 0 Å². The summed E-state index contributed by atoms with van der Waals surface area (Å²) >= 11 is 3.29. The average Bonchev–Trinajstić information content (AvgIpc) is 2.87. The zero-order valence-electron chi connectivity index (χ0n) is 15.2. The minimum absolute atomic E-state index is 0.0412. The fraction of sp³-hybridized carbons (Fsp3) is 0.474. The second-order valence-corrected chi connectivity index (χ2v) is 7.77. The topological polar surface area (TPSA) is 86.8 Å². The molecule has 1 aromatic carbocycles. The largest absolute Gasteiger partial charge is 0.353 e. The van der Waals surface area contributed by atoms with E-state index in [-0.39, 0.29) is 24.4 Å². The van der Waals surface area contributed by atoms with Crippen molar-refractivity contribution in [3.8, 4) is 0 Å². The first-order chi connectivity index (χ1) is 12.9. The zero-order chi connectivity index (χ0) is 19.6. The molecule has 1 aromatic rings. The van der Waals surface area contributed by atoms with Gasteiger partial charge in [-0.05, 0) is 37.5 Å². The lowest BCUT2D eigenvalue weighted by Crippen LogP contribution is -2.49. The van der Waals surface area contributed by atoms with Crippen molar-refractivity contribution in [2.45, 2.75) is 38.6 Å². The summed E-state index contributed by atoms with van der Waals surface area (Å²) in [5.74, 6) is -1.08. The normalized spacial score (nSPS) is 17.3. The summed E-state index contributed by atoms with van der Waals surface area (Å²) in [6.45, 7) is 2.71. The number of nitrogens with one attached hydrogen (secondary N) is 1. The van der Waals surface area contributed by atoms with Gasteiger partial charge in [0.05, 0.1) is 11.1 Å². The van der Waals surface area contributed by atoms with Crippen LogP contribution in [0.1, 0.15) is 53.3 Å². The molecule has 1 saturated heterocycles. The lowest BCUT2D eigenvalue weighted by Gasteiger charge is -2.33. The van der Waals surface area contributed by atoms with Crippen molar-refractivity contribution in [2.75, 3.05) is 19.6 Å². The van der Waals surface area contributed by atoms with Gasteiger partial charge in [-0.25, -0.2) is 0 Å². The monoisotopic (exact) mass is 435 g/mol. The first kappa shape index (κ1) is 19.5. The van der Waals surface area contributed by atoms with Crippen LogP contribution in [0.5, 0.6) is 0 Å². The van der Waals surface area contributed by atoms with Gasteiger partial charge in [0.1, 0.15) is 6.54 Å². The first-order valence-electron chi connectivity index (χ1n) is 9.13. The number of fused-ring (bicyclic) bond motifs is 1. The van der Waals surface area contributed by atoms with Gasteiger partial charge in [0.2, 0.25) is 11.8 Å². The van der Waals surface area contributed by atoms with E-state index in [1.165, 1.54) is 0 Å². The Bertz CT molecular complexity index is 787. The third-order valence-electron chi connectivity index (χ3n) is 4.92. The molecule has 2 aliphatic rings. The fourth-order valence-corrected chi connectivity index (χ4v) is 3.80. The van der Waals surface area contributed by atoms with Crippen LogP contribution >= 0.6 is 15.9 Å². The number of halogens is 1. The molecule has 0 aliphatic carbocycles. The fourth-order valence-electron chi connectivity index (χ4n) is 3.44. The van der Waals surface area contributed by atoms with Gasteiger partial charge in [-0.3, -0.25) is 24.1 Å². The first-order valence-corrected chi connectivity index (χ1v) is 9.93. The van der Waals surface area contributed by atoms with Gasteiger partial charge in [0, 0.05) is 30.0 Å². The van der Waals surface area contributed by atoms with Gasteiger partial charge in [-0.2, -0.15) is 0 Å². The van der Waals surface area contributed by atoms with Crippen molar-refractivity contribution in [3.63, 3.8) is 0 Å². The van der Waals surface area contributed by atoms with E-state index in [1.54, 1.807) is 23.1 Å². The van der Waals surface area contributed by atoms with Gasteiger partial charge < -0.3 is 10.2 Å². The van der Waals surface area contributed by atoms with Crippen molar-refractivity contribution >= 4 is 39.6 Å². The second-order valence-electron chi connectivity index (χ2n) is 6.86. The molecule has 2 aliphatic heterocycles. The van der Waals surface area contributed by atoms with Gasteiger partial charge in [0.25, 0.3) is 11.8 Å². The maximum atomic E-state index is 12.6.